The summed E-state index contributed by atoms with van der Waals surface area (Å²) in [4.78, 5) is 29.0. The van der Waals surface area contributed by atoms with Gasteiger partial charge in [0.1, 0.15) is 12.4 Å². The Morgan fingerprint density at radius 1 is 1.22 bits per heavy atom. The number of nitrogens with zero attached hydrogens (tertiary/aromatic N) is 4. The van der Waals surface area contributed by atoms with Gasteiger partial charge in [-0.15, -0.1) is 5.10 Å². The van der Waals surface area contributed by atoms with Crippen LogP contribution in [0.2, 0.25) is 0 Å². The highest BCUT2D eigenvalue weighted by molar-refractivity contribution is 5.92. The molecule has 122 valence electrons. The highest BCUT2D eigenvalue weighted by Crippen LogP contribution is 2.11. The van der Waals surface area contributed by atoms with Crippen LogP contribution in [0.15, 0.2) is 30.3 Å². The van der Waals surface area contributed by atoms with Crippen LogP contribution in [-0.4, -0.2) is 49.7 Å². The summed E-state index contributed by atoms with van der Waals surface area (Å²) < 4.78 is 1.62. The number of amides is 1. The van der Waals surface area contributed by atoms with Crippen molar-refractivity contribution in [1.82, 2.24) is 19.7 Å². The predicted octanol–water partition coefficient (Wildman–Crippen LogP) is 1.77. The molecule has 0 saturated heterocycles. The van der Waals surface area contributed by atoms with Gasteiger partial charge in [0.25, 0.3) is 5.91 Å². The van der Waals surface area contributed by atoms with E-state index >= 15 is 0 Å². The number of carbonyl (C=O) groups is 2. The number of carboxylic acid groups (broad SMARTS) is 1. The molecule has 0 saturated carbocycles. The van der Waals surface area contributed by atoms with E-state index in [2.05, 4.69) is 10.1 Å². The first-order valence-corrected chi connectivity index (χ1v) is 7.59. The van der Waals surface area contributed by atoms with Gasteiger partial charge >= 0.3 is 5.97 Å². The molecule has 0 aliphatic rings. The Labute approximate surface area is 134 Å². The standard InChI is InChI=1S/C16H20N4O3/c1-3-10-19(11-14(21)22)16(23)15-17-13(4-2)20(18-15)12-8-6-5-7-9-12/h5-9H,3-4,10-11H2,1-2H3,(H,21,22). The van der Waals surface area contributed by atoms with E-state index in [1.807, 2.05) is 44.2 Å². The summed E-state index contributed by atoms with van der Waals surface area (Å²) >= 11 is 0. The molecule has 7 nitrogen and oxygen atoms in total. The monoisotopic (exact) mass is 316 g/mol. The molecule has 1 aromatic carbocycles. The van der Waals surface area contributed by atoms with E-state index in [9.17, 15) is 9.59 Å². The van der Waals surface area contributed by atoms with Crippen LogP contribution in [0.3, 0.4) is 0 Å². The minimum Gasteiger partial charge on any atom is -0.480 e. The molecule has 0 fully saturated rings. The summed E-state index contributed by atoms with van der Waals surface area (Å²) in [5.41, 5.74) is 0.816. The van der Waals surface area contributed by atoms with E-state index in [1.54, 1.807) is 4.68 Å². The van der Waals surface area contributed by atoms with Gasteiger partial charge in [0.15, 0.2) is 0 Å². The Morgan fingerprint density at radius 3 is 2.48 bits per heavy atom. The third kappa shape index (κ3) is 3.94. The number of carboxylic acids is 1. The molecule has 7 heteroatoms. The first-order valence-electron chi connectivity index (χ1n) is 7.59. The molecular weight excluding hydrogens is 296 g/mol. The molecule has 2 rings (SSSR count). The van der Waals surface area contributed by atoms with E-state index < -0.39 is 11.9 Å². The van der Waals surface area contributed by atoms with Crippen molar-refractivity contribution < 1.29 is 14.7 Å². The predicted molar refractivity (Wildman–Crippen MR) is 84.6 cm³/mol. The average Bonchev–Trinajstić information content (AvgIpc) is 2.98. The third-order valence-corrected chi connectivity index (χ3v) is 3.29. The van der Waals surface area contributed by atoms with Crippen LogP contribution in [0.25, 0.3) is 5.69 Å². The lowest BCUT2D eigenvalue weighted by molar-refractivity contribution is -0.137. The molecule has 2 aromatic rings. The lowest BCUT2D eigenvalue weighted by Crippen LogP contribution is -2.36. The van der Waals surface area contributed by atoms with Crippen molar-refractivity contribution in [3.8, 4) is 5.69 Å². The highest BCUT2D eigenvalue weighted by atomic mass is 16.4. The summed E-state index contributed by atoms with van der Waals surface area (Å²) in [5, 5.41) is 13.2. The first-order chi connectivity index (χ1) is 11.1. The van der Waals surface area contributed by atoms with E-state index in [0.717, 1.165) is 5.69 Å². The zero-order valence-corrected chi connectivity index (χ0v) is 13.3. The summed E-state index contributed by atoms with van der Waals surface area (Å²) in [5.74, 6) is -0.824. The number of para-hydroxylation sites is 1. The van der Waals surface area contributed by atoms with Gasteiger partial charge in [0.05, 0.1) is 5.69 Å². The van der Waals surface area contributed by atoms with E-state index in [1.165, 1.54) is 4.90 Å². The maximum atomic E-state index is 12.5. The lowest BCUT2D eigenvalue weighted by atomic mass is 10.3. The fraction of sp³-hybridized carbons (Fsp3) is 0.375. The van der Waals surface area contributed by atoms with Crippen LogP contribution in [0.5, 0.6) is 0 Å². The molecule has 0 atom stereocenters. The fourth-order valence-corrected chi connectivity index (χ4v) is 2.27. The van der Waals surface area contributed by atoms with Crippen LogP contribution in [0.4, 0.5) is 0 Å². The van der Waals surface area contributed by atoms with Crippen molar-refractivity contribution in [1.29, 1.82) is 0 Å². The largest absolute Gasteiger partial charge is 0.480 e. The topological polar surface area (TPSA) is 88.3 Å². The van der Waals surface area contributed by atoms with Crippen molar-refractivity contribution in [2.24, 2.45) is 0 Å². The molecule has 0 spiro atoms. The molecule has 0 radical (unpaired) electrons. The Hall–Kier alpha value is -2.70. The minimum atomic E-state index is -1.05. The molecular formula is C16H20N4O3. The fourth-order valence-electron chi connectivity index (χ4n) is 2.27. The number of benzene rings is 1. The van der Waals surface area contributed by atoms with Gasteiger partial charge in [-0.2, -0.15) is 0 Å². The second-order valence-electron chi connectivity index (χ2n) is 5.07. The van der Waals surface area contributed by atoms with Gasteiger partial charge in [-0.3, -0.25) is 9.59 Å². The molecule has 23 heavy (non-hydrogen) atoms. The van der Waals surface area contributed by atoms with E-state index in [0.29, 0.717) is 25.2 Å². The Bertz CT molecular complexity index is 682. The SMILES string of the molecule is CCCN(CC(=O)O)C(=O)c1nc(CC)n(-c2ccccc2)n1. The Morgan fingerprint density at radius 2 is 1.91 bits per heavy atom. The van der Waals surface area contributed by atoms with Crippen molar-refractivity contribution in [3.05, 3.63) is 42.0 Å². The molecule has 0 aliphatic heterocycles. The zero-order chi connectivity index (χ0) is 16.8. The number of aliphatic carboxylic acids is 1. The van der Waals surface area contributed by atoms with Crippen LogP contribution in [-0.2, 0) is 11.2 Å². The number of hydrogen-bond acceptors (Lipinski definition) is 4. The molecule has 1 heterocycles. The van der Waals surface area contributed by atoms with E-state index in [4.69, 9.17) is 5.11 Å². The van der Waals surface area contributed by atoms with Gasteiger partial charge in [0, 0.05) is 13.0 Å². The van der Waals surface area contributed by atoms with E-state index in [-0.39, 0.29) is 12.4 Å². The van der Waals surface area contributed by atoms with Crippen LogP contribution >= 0.6 is 0 Å². The molecule has 0 bridgehead atoms. The Balaban J connectivity index is 2.34. The lowest BCUT2D eigenvalue weighted by Gasteiger charge is -2.17. The third-order valence-electron chi connectivity index (χ3n) is 3.29. The van der Waals surface area contributed by atoms with Gasteiger partial charge in [0.2, 0.25) is 5.82 Å². The number of aryl methyl sites for hydroxylation is 1. The van der Waals surface area contributed by atoms with Crippen LogP contribution in [0, 0.1) is 0 Å². The zero-order valence-electron chi connectivity index (χ0n) is 13.3. The van der Waals surface area contributed by atoms with Crippen molar-refractivity contribution in [2.75, 3.05) is 13.1 Å². The smallest absolute Gasteiger partial charge is 0.323 e. The van der Waals surface area contributed by atoms with Crippen molar-refractivity contribution in [2.45, 2.75) is 26.7 Å². The minimum absolute atomic E-state index is 0.0282. The molecule has 0 unspecified atom stereocenters. The second-order valence-corrected chi connectivity index (χ2v) is 5.07. The van der Waals surface area contributed by atoms with Gasteiger partial charge in [-0.1, -0.05) is 32.0 Å². The quantitative estimate of drug-likeness (QED) is 0.841. The first kappa shape index (κ1) is 16.7. The number of hydrogen-bond donors (Lipinski definition) is 1. The summed E-state index contributed by atoms with van der Waals surface area (Å²) in [6.45, 7) is 3.81. The van der Waals surface area contributed by atoms with Gasteiger partial charge < -0.3 is 10.0 Å². The molecule has 0 aliphatic carbocycles. The van der Waals surface area contributed by atoms with Crippen molar-refractivity contribution >= 4 is 11.9 Å². The maximum Gasteiger partial charge on any atom is 0.323 e. The summed E-state index contributed by atoms with van der Waals surface area (Å²) in [7, 11) is 0. The van der Waals surface area contributed by atoms with Gasteiger partial charge in [-0.05, 0) is 18.6 Å². The van der Waals surface area contributed by atoms with Crippen LogP contribution < -0.4 is 0 Å². The normalized spacial score (nSPS) is 10.5. The highest BCUT2D eigenvalue weighted by Gasteiger charge is 2.23. The molecule has 1 N–H and O–H groups in total. The number of aromatic nitrogens is 3. The average molecular weight is 316 g/mol. The Kier molecular flexibility index (Phi) is 5.46. The summed E-state index contributed by atoms with van der Waals surface area (Å²) in [6.07, 6.45) is 1.28. The molecule has 1 amide bonds. The van der Waals surface area contributed by atoms with Crippen molar-refractivity contribution in [3.63, 3.8) is 0 Å². The molecule has 1 aromatic heterocycles. The van der Waals surface area contributed by atoms with Gasteiger partial charge in [-0.25, -0.2) is 9.67 Å². The summed E-state index contributed by atoms with van der Waals surface area (Å²) in [6, 6.07) is 9.41. The van der Waals surface area contributed by atoms with Crippen LogP contribution in [0.1, 0.15) is 36.7 Å². The second kappa shape index (κ2) is 7.53. The number of rotatable bonds is 7. The maximum absolute atomic E-state index is 12.5. The number of carbonyl (C=O) groups excluding carboxylic acids is 1.